The number of hydrogen-bond donors (Lipinski definition) is 1. The summed E-state index contributed by atoms with van der Waals surface area (Å²) in [5.74, 6) is -0.555. The molecule has 0 aliphatic heterocycles. The second kappa shape index (κ2) is 12.1. The van der Waals surface area contributed by atoms with Crippen molar-refractivity contribution in [3.63, 3.8) is 0 Å². The zero-order valence-electron chi connectivity index (χ0n) is 17.9. The van der Waals surface area contributed by atoms with Crippen molar-refractivity contribution in [2.75, 3.05) is 13.2 Å². The van der Waals surface area contributed by atoms with Crippen molar-refractivity contribution < 1.29 is 14.3 Å². The third kappa shape index (κ3) is 7.10. The number of nitrogens with one attached hydrogen (secondary N) is 1. The Kier molecular flexibility index (Phi) is 8.59. The van der Waals surface area contributed by atoms with Crippen LogP contribution in [0.5, 0.6) is 0 Å². The van der Waals surface area contributed by atoms with E-state index in [9.17, 15) is 9.59 Å². The van der Waals surface area contributed by atoms with Gasteiger partial charge in [-0.2, -0.15) is 5.26 Å². The number of benzene rings is 3. The summed E-state index contributed by atoms with van der Waals surface area (Å²) in [6.45, 7) is 0.198. The first-order valence-electron chi connectivity index (χ1n) is 10.7. The number of ether oxygens (including phenoxy) is 1. The van der Waals surface area contributed by atoms with Gasteiger partial charge in [0.25, 0.3) is 5.91 Å². The lowest BCUT2D eigenvalue weighted by Gasteiger charge is -2.18. The predicted octanol–water partition coefficient (Wildman–Crippen LogP) is 4.37. The minimum absolute atomic E-state index is 0.174. The molecular weight excluding hydrogens is 400 g/mol. The summed E-state index contributed by atoms with van der Waals surface area (Å²) < 4.78 is 5.09. The fraction of sp³-hybridized carbons (Fsp3) is 0.222. The van der Waals surface area contributed by atoms with Gasteiger partial charge in [0.1, 0.15) is 0 Å². The quantitative estimate of drug-likeness (QED) is 0.488. The summed E-state index contributed by atoms with van der Waals surface area (Å²) >= 11 is 0. The topological polar surface area (TPSA) is 79.2 Å². The number of nitrogens with zero attached hydrogens (tertiary/aromatic N) is 1. The summed E-state index contributed by atoms with van der Waals surface area (Å²) in [5.41, 5.74) is 3.91. The van der Waals surface area contributed by atoms with Crippen molar-refractivity contribution in [2.45, 2.75) is 25.2 Å². The Morgan fingerprint density at radius 2 is 1.47 bits per heavy atom. The molecule has 0 atom stereocenters. The van der Waals surface area contributed by atoms with E-state index < -0.39 is 5.97 Å². The first kappa shape index (κ1) is 22.8. The van der Waals surface area contributed by atoms with E-state index in [1.165, 1.54) is 11.1 Å². The van der Waals surface area contributed by atoms with Gasteiger partial charge in [0, 0.05) is 18.9 Å². The summed E-state index contributed by atoms with van der Waals surface area (Å²) in [6.07, 6.45) is 1.43. The summed E-state index contributed by atoms with van der Waals surface area (Å²) in [6, 6.07) is 29.5. The van der Waals surface area contributed by atoms with Crippen molar-refractivity contribution in [3.05, 3.63) is 107 Å². The minimum Gasteiger partial charge on any atom is -0.456 e. The molecule has 32 heavy (non-hydrogen) atoms. The standard InChI is InChI=1S/C27H26N2O3/c28-19-22-13-11-21(12-14-22)15-16-27(31)32-20-26(30)29-18-17-25(23-7-3-1-4-8-23)24-9-5-2-6-10-24/h1-14,25H,15-18,20H2,(H,29,30). The van der Waals surface area contributed by atoms with E-state index in [1.807, 2.05) is 48.5 Å². The van der Waals surface area contributed by atoms with Crippen LogP contribution in [0.15, 0.2) is 84.9 Å². The van der Waals surface area contributed by atoms with Gasteiger partial charge in [-0.15, -0.1) is 0 Å². The molecule has 0 fully saturated rings. The highest BCUT2D eigenvalue weighted by molar-refractivity contribution is 5.80. The Bertz CT molecular complexity index is 1000. The maximum Gasteiger partial charge on any atom is 0.306 e. The fourth-order valence-corrected chi connectivity index (χ4v) is 3.51. The van der Waals surface area contributed by atoms with Crippen LogP contribution in [0.4, 0.5) is 0 Å². The summed E-state index contributed by atoms with van der Waals surface area (Å²) in [7, 11) is 0. The van der Waals surface area contributed by atoms with Gasteiger partial charge in [0.15, 0.2) is 6.61 Å². The SMILES string of the molecule is N#Cc1ccc(CCC(=O)OCC(=O)NCCC(c2ccccc2)c2ccccc2)cc1. The lowest BCUT2D eigenvalue weighted by atomic mass is 9.88. The molecule has 1 N–H and O–H groups in total. The van der Waals surface area contributed by atoms with Crippen LogP contribution in [0.2, 0.25) is 0 Å². The van der Waals surface area contributed by atoms with Gasteiger partial charge < -0.3 is 10.1 Å². The molecule has 0 aromatic heterocycles. The Morgan fingerprint density at radius 3 is 2.03 bits per heavy atom. The lowest BCUT2D eigenvalue weighted by molar-refractivity contribution is -0.148. The molecule has 5 heteroatoms. The molecule has 3 rings (SSSR count). The molecule has 0 heterocycles. The Balaban J connectivity index is 1.41. The van der Waals surface area contributed by atoms with Crippen LogP contribution in [0.25, 0.3) is 0 Å². The van der Waals surface area contributed by atoms with E-state index >= 15 is 0 Å². The average molecular weight is 427 g/mol. The summed E-state index contributed by atoms with van der Waals surface area (Å²) in [5, 5.41) is 11.7. The molecule has 3 aromatic rings. The highest BCUT2D eigenvalue weighted by atomic mass is 16.5. The molecular formula is C27H26N2O3. The third-order valence-corrected chi connectivity index (χ3v) is 5.22. The van der Waals surface area contributed by atoms with Gasteiger partial charge in [-0.3, -0.25) is 9.59 Å². The van der Waals surface area contributed by atoms with Gasteiger partial charge >= 0.3 is 5.97 Å². The number of amides is 1. The lowest BCUT2D eigenvalue weighted by Crippen LogP contribution is -2.30. The van der Waals surface area contributed by atoms with Crippen LogP contribution in [0.3, 0.4) is 0 Å². The van der Waals surface area contributed by atoms with Crippen molar-refractivity contribution in [2.24, 2.45) is 0 Å². The van der Waals surface area contributed by atoms with Crippen LogP contribution in [-0.2, 0) is 20.7 Å². The molecule has 0 aliphatic carbocycles. The first-order chi connectivity index (χ1) is 15.7. The highest BCUT2D eigenvalue weighted by Crippen LogP contribution is 2.27. The molecule has 1 amide bonds. The predicted molar refractivity (Wildman–Crippen MR) is 123 cm³/mol. The van der Waals surface area contributed by atoms with Crippen LogP contribution < -0.4 is 5.32 Å². The molecule has 0 aliphatic rings. The number of aryl methyl sites for hydroxylation is 1. The second-order valence-corrected chi connectivity index (χ2v) is 7.48. The number of carbonyl (C=O) groups is 2. The molecule has 0 bridgehead atoms. The molecule has 0 saturated carbocycles. The van der Waals surface area contributed by atoms with Crippen molar-refractivity contribution >= 4 is 11.9 Å². The fourth-order valence-electron chi connectivity index (χ4n) is 3.51. The molecule has 0 unspecified atom stereocenters. The largest absolute Gasteiger partial charge is 0.456 e. The Hall–Kier alpha value is -3.91. The normalized spacial score (nSPS) is 10.4. The van der Waals surface area contributed by atoms with E-state index in [-0.39, 0.29) is 24.9 Å². The monoisotopic (exact) mass is 426 g/mol. The molecule has 0 radical (unpaired) electrons. The second-order valence-electron chi connectivity index (χ2n) is 7.48. The van der Waals surface area contributed by atoms with Gasteiger partial charge in [-0.25, -0.2) is 0 Å². The van der Waals surface area contributed by atoms with Gasteiger partial charge in [0.2, 0.25) is 0 Å². The zero-order chi connectivity index (χ0) is 22.6. The first-order valence-corrected chi connectivity index (χ1v) is 10.7. The smallest absolute Gasteiger partial charge is 0.306 e. The van der Waals surface area contributed by atoms with E-state index in [2.05, 4.69) is 35.7 Å². The molecule has 3 aromatic carbocycles. The van der Waals surface area contributed by atoms with Gasteiger partial charge in [-0.1, -0.05) is 72.8 Å². The van der Waals surface area contributed by atoms with Crippen LogP contribution >= 0.6 is 0 Å². The highest BCUT2D eigenvalue weighted by Gasteiger charge is 2.14. The van der Waals surface area contributed by atoms with Crippen LogP contribution in [-0.4, -0.2) is 25.0 Å². The number of carbonyl (C=O) groups excluding carboxylic acids is 2. The van der Waals surface area contributed by atoms with E-state index in [4.69, 9.17) is 10.00 Å². The number of nitriles is 1. The number of esters is 1. The Labute approximate surface area is 188 Å². The molecule has 0 spiro atoms. The summed E-state index contributed by atoms with van der Waals surface area (Å²) in [4.78, 5) is 24.1. The van der Waals surface area contributed by atoms with Crippen molar-refractivity contribution in [1.82, 2.24) is 5.32 Å². The minimum atomic E-state index is -0.420. The average Bonchev–Trinajstić information content (AvgIpc) is 2.85. The van der Waals surface area contributed by atoms with Crippen molar-refractivity contribution in [1.29, 1.82) is 5.26 Å². The molecule has 0 saturated heterocycles. The molecule has 5 nitrogen and oxygen atoms in total. The van der Waals surface area contributed by atoms with Crippen molar-refractivity contribution in [3.8, 4) is 6.07 Å². The molecule has 162 valence electrons. The Morgan fingerprint density at radius 1 is 0.875 bits per heavy atom. The van der Waals surface area contributed by atoms with E-state index in [0.29, 0.717) is 18.5 Å². The van der Waals surface area contributed by atoms with Crippen LogP contribution in [0.1, 0.15) is 41.0 Å². The van der Waals surface area contributed by atoms with Gasteiger partial charge in [0.05, 0.1) is 11.6 Å². The number of hydrogen-bond acceptors (Lipinski definition) is 4. The number of rotatable bonds is 10. The third-order valence-electron chi connectivity index (χ3n) is 5.22. The van der Waals surface area contributed by atoms with E-state index in [0.717, 1.165) is 12.0 Å². The van der Waals surface area contributed by atoms with Crippen LogP contribution in [0, 0.1) is 11.3 Å². The zero-order valence-corrected chi connectivity index (χ0v) is 17.9. The maximum atomic E-state index is 12.1. The maximum absolute atomic E-state index is 12.1. The van der Waals surface area contributed by atoms with E-state index in [1.54, 1.807) is 12.1 Å². The van der Waals surface area contributed by atoms with Gasteiger partial charge in [-0.05, 0) is 41.7 Å².